The van der Waals surface area contributed by atoms with Crippen LogP contribution in [-0.4, -0.2) is 28.0 Å². The highest BCUT2D eigenvalue weighted by Gasteiger charge is 2.32. The van der Waals surface area contributed by atoms with Crippen molar-refractivity contribution in [2.75, 3.05) is 18.5 Å². The van der Waals surface area contributed by atoms with Crippen LogP contribution < -0.4 is 5.56 Å². The molecule has 7 heteroatoms. The van der Waals surface area contributed by atoms with Gasteiger partial charge in [0.25, 0.3) is 11.2 Å². The standard InChI is InChI=1S/C13H17BrN2O4/c1-10-6-12(17)15(7-11(10)16(18)19)9-13(8-14)2-4-20-5-3-13/h6-7H,2-5,8-9H2,1H3. The zero-order valence-corrected chi connectivity index (χ0v) is 12.9. The molecule has 1 aliphatic heterocycles. The van der Waals surface area contributed by atoms with Crippen LogP contribution in [-0.2, 0) is 11.3 Å². The van der Waals surface area contributed by atoms with Crippen LogP contribution >= 0.6 is 15.9 Å². The van der Waals surface area contributed by atoms with E-state index in [1.807, 2.05) is 0 Å². The molecule has 0 radical (unpaired) electrons. The minimum Gasteiger partial charge on any atom is -0.381 e. The molecule has 0 unspecified atom stereocenters. The first-order valence-electron chi connectivity index (χ1n) is 6.47. The lowest BCUT2D eigenvalue weighted by Crippen LogP contribution is -2.38. The Morgan fingerprint density at radius 3 is 2.70 bits per heavy atom. The van der Waals surface area contributed by atoms with E-state index in [1.165, 1.54) is 16.8 Å². The number of aryl methyl sites for hydroxylation is 1. The van der Waals surface area contributed by atoms with Crippen LogP contribution in [0, 0.1) is 22.5 Å². The number of rotatable bonds is 4. The SMILES string of the molecule is Cc1cc(=O)n(CC2(CBr)CCOCC2)cc1[N+](=O)[O-]. The second-order valence-corrected chi connectivity index (χ2v) is 5.87. The molecule has 1 saturated heterocycles. The Morgan fingerprint density at radius 1 is 1.50 bits per heavy atom. The van der Waals surface area contributed by atoms with Crippen molar-refractivity contribution in [1.29, 1.82) is 0 Å². The van der Waals surface area contributed by atoms with Crippen molar-refractivity contribution in [2.24, 2.45) is 5.41 Å². The fourth-order valence-electron chi connectivity index (χ4n) is 2.47. The number of aromatic nitrogens is 1. The highest BCUT2D eigenvalue weighted by molar-refractivity contribution is 9.09. The molecule has 0 saturated carbocycles. The van der Waals surface area contributed by atoms with Gasteiger partial charge in [0.2, 0.25) is 0 Å². The summed E-state index contributed by atoms with van der Waals surface area (Å²) < 4.78 is 6.82. The highest BCUT2D eigenvalue weighted by atomic mass is 79.9. The number of alkyl halides is 1. The van der Waals surface area contributed by atoms with Crippen LogP contribution in [0.15, 0.2) is 17.1 Å². The predicted octanol–water partition coefficient (Wildman–Crippen LogP) is 2.26. The van der Waals surface area contributed by atoms with Crippen LogP contribution in [0.1, 0.15) is 18.4 Å². The molecule has 0 N–H and O–H groups in total. The third-order valence-electron chi connectivity index (χ3n) is 3.84. The van der Waals surface area contributed by atoms with Crippen molar-refractivity contribution in [3.8, 4) is 0 Å². The summed E-state index contributed by atoms with van der Waals surface area (Å²) in [6.07, 6.45) is 3.04. The van der Waals surface area contributed by atoms with E-state index in [0.717, 1.165) is 18.2 Å². The van der Waals surface area contributed by atoms with Crippen molar-refractivity contribution in [3.63, 3.8) is 0 Å². The largest absolute Gasteiger partial charge is 0.381 e. The summed E-state index contributed by atoms with van der Waals surface area (Å²) in [6.45, 7) is 3.38. The molecule has 110 valence electrons. The monoisotopic (exact) mass is 344 g/mol. The van der Waals surface area contributed by atoms with Gasteiger partial charge in [0.05, 0.1) is 11.1 Å². The van der Waals surface area contributed by atoms with E-state index in [0.29, 0.717) is 25.3 Å². The maximum atomic E-state index is 12.0. The van der Waals surface area contributed by atoms with E-state index >= 15 is 0 Å². The van der Waals surface area contributed by atoms with Crippen LogP contribution in [0.2, 0.25) is 0 Å². The number of hydrogen-bond donors (Lipinski definition) is 0. The summed E-state index contributed by atoms with van der Waals surface area (Å²) in [5, 5.41) is 11.7. The van der Waals surface area contributed by atoms with Gasteiger partial charge in [-0.1, -0.05) is 15.9 Å². The lowest BCUT2D eigenvalue weighted by molar-refractivity contribution is -0.386. The Balaban J connectivity index is 2.35. The highest BCUT2D eigenvalue weighted by Crippen LogP contribution is 2.34. The molecule has 1 aromatic heterocycles. The van der Waals surface area contributed by atoms with Gasteiger partial charge in [0.15, 0.2) is 0 Å². The van der Waals surface area contributed by atoms with Gasteiger partial charge in [-0.15, -0.1) is 0 Å². The first-order chi connectivity index (χ1) is 9.47. The van der Waals surface area contributed by atoms with Gasteiger partial charge in [0, 0.05) is 42.1 Å². The van der Waals surface area contributed by atoms with Crippen molar-refractivity contribution in [1.82, 2.24) is 4.57 Å². The Kier molecular flexibility index (Phi) is 4.59. The maximum Gasteiger partial charge on any atom is 0.288 e. The van der Waals surface area contributed by atoms with Crippen LogP contribution in [0.4, 0.5) is 5.69 Å². The van der Waals surface area contributed by atoms with Crippen molar-refractivity contribution in [3.05, 3.63) is 38.3 Å². The number of halogens is 1. The normalized spacial score (nSPS) is 17.9. The molecule has 6 nitrogen and oxygen atoms in total. The van der Waals surface area contributed by atoms with Crippen LogP contribution in [0.5, 0.6) is 0 Å². The zero-order valence-electron chi connectivity index (χ0n) is 11.3. The first-order valence-corrected chi connectivity index (χ1v) is 7.59. The second-order valence-electron chi connectivity index (χ2n) is 5.31. The Labute approximate surface area is 125 Å². The zero-order chi connectivity index (χ0) is 14.8. The number of hydrogen-bond acceptors (Lipinski definition) is 4. The van der Waals surface area contributed by atoms with Gasteiger partial charge >= 0.3 is 0 Å². The first kappa shape index (κ1) is 15.2. The van der Waals surface area contributed by atoms with Crippen molar-refractivity contribution >= 4 is 21.6 Å². The maximum absolute atomic E-state index is 12.0. The average molecular weight is 345 g/mol. The molecule has 2 heterocycles. The van der Waals surface area contributed by atoms with E-state index in [2.05, 4.69) is 15.9 Å². The number of ether oxygens (including phenoxy) is 1. The van der Waals surface area contributed by atoms with E-state index in [1.54, 1.807) is 6.92 Å². The van der Waals surface area contributed by atoms with Gasteiger partial charge < -0.3 is 9.30 Å². The molecule has 20 heavy (non-hydrogen) atoms. The van der Waals surface area contributed by atoms with Gasteiger partial charge in [-0.05, 0) is 19.8 Å². The Hall–Kier alpha value is -1.21. The molecule has 2 rings (SSSR count). The summed E-state index contributed by atoms with van der Waals surface area (Å²) in [4.78, 5) is 22.6. The third-order valence-corrected chi connectivity index (χ3v) is 5.03. The molecule has 1 aliphatic rings. The number of pyridine rings is 1. The van der Waals surface area contributed by atoms with Gasteiger partial charge in [-0.2, -0.15) is 0 Å². The lowest BCUT2D eigenvalue weighted by Gasteiger charge is -2.36. The number of nitrogens with zero attached hydrogens (tertiary/aromatic N) is 2. The molecular weight excluding hydrogens is 328 g/mol. The van der Waals surface area contributed by atoms with Crippen molar-refractivity contribution in [2.45, 2.75) is 26.3 Å². The average Bonchev–Trinajstić information content (AvgIpc) is 2.42. The van der Waals surface area contributed by atoms with Crippen molar-refractivity contribution < 1.29 is 9.66 Å². The number of nitro groups is 1. The molecule has 0 aliphatic carbocycles. The Bertz CT molecular complexity index is 564. The summed E-state index contributed by atoms with van der Waals surface area (Å²) >= 11 is 3.51. The summed E-state index contributed by atoms with van der Waals surface area (Å²) in [7, 11) is 0. The second kappa shape index (κ2) is 6.05. The van der Waals surface area contributed by atoms with E-state index in [-0.39, 0.29) is 16.7 Å². The molecule has 0 spiro atoms. The molecule has 1 fully saturated rings. The van der Waals surface area contributed by atoms with E-state index in [4.69, 9.17) is 4.74 Å². The van der Waals surface area contributed by atoms with Crippen LogP contribution in [0.3, 0.4) is 0 Å². The molecule has 0 aromatic carbocycles. The lowest BCUT2D eigenvalue weighted by atomic mass is 9.82. The van der Waals surface area contributed by atoms with E-state index in [9.17, 15) is 14.9 Å². The molecule has 0 amide bonds. The summed E-state index contributed by atoms with van der Waals surface area (Å²) in [5.74, 6) is 0. The van der Waals surface area contributed by atoms with Crippen LogP contribution in [0.25, 0.3) is 0 Å². The van der Waals surface area contributed by atoms with E-state index < -0.39 is 4.92 Å². The predicted molar refractivity (Wildman–Crippen MR) is 78.4 cm³/mol. The minimum atomic E-state index is -0.448. The summed E-state index contributed by atoms with van der Waals surface area (Å²) in [6, 6.07) is 1.33. The summed E-state index contributed by atoms with van der Waals surface area (Å²) in [5.41, 5.74) is 0.114. The molecular formula is C13H17BrN2O4. The molecule has 0 atom stereocenters. The van der Waals surface area contributed by atoms with Gasteiger partial charge in [0.1, 0.15) is 0 Å². The molecule has 1 aromatic rings. The fourth-order valence-corrected chi connectivity index (χ4v) is 3.21. The quantitative estimate of drug-likeness (QED) is 0.477. The van der Waals surface area contributed by atoms with Gasteiger partial charge in [-0.3, -0.25) is 14.9 Å². The van der Waals surface area contributed by atoms with Gasteiger partial charge in [-0.25, -0.2) is 0 Å². The third kappa shape index (κ3) is 3.09. The minimum absolute atomic E-state index is 0.0126. The topological polar surface area (TPSA) is 74.4 Å². The Morgan fingerprint density at radius 2 is 2.15 bits per heavy atom. The molecule has 0 bridgehead atoms. The smallest absolute Gasteiger partial charge is 0.288 e. The fraction of sp³-hybridized carbons (Fsp3) is 0.615.